The molecule has 6 nitrogen and oxygen atoms in total. The van der Waals surface area contributed by atoms with Gasteiger partial charge in [-0.1, -0.05) is 13.8 Å². The van der Waals surface area contributed by atoms with E-state index in [1.165, 1.54) is 0 Å². The molecule has 0 unspecified atom stereocenters. The summed E-state index contributed by atoms with van der Waals surface area (Å²) in [4.78, 5) is 26.0. The minimum atomic E-state index is -1.06. The number of amides is 1. The Balaban J connectivity index is 3.91. The molecule has 19 heavy (non-hydrogen) atoms. The van der Waals surface area contributed by atoms with Crippen molar-refractivity contribution in [3.63, 3.8) is 0 Å². The van der Waals surface area contributed by atoms with E-state index in [1.54, 1.807) is 4.90 Å². The summed E-state index contributed by atoms with van der Waals surface area (Å²) in [5.74, 6) is -1.21. The number of carboxylic acids is 1. The maximum atomic E-state index is 11.8. The molecule has 1 amide bonds. The molecule has 0 saturated heterocycles. The third-order valence-corrected chi connectivity index (χ3v) is 2.98. The van der Waals surface area contributed by atoms with Gasteiger partial charge in [-0.05, 0) is 33.0 Å². The molecule has 0 bridgehead atoms. The summed E-state index contributed by atoms with van der Waals surface area (Å²) in [5, 5.41) is 8.42. The molecule has 112 valence electrons. The lowest BCUT2D eigenvalue weighted by Crippen LogP contribution is -2.36. The fraction of sp³-hybridized carbons (Fsp3) is 0.846. The maximum Gasteiger partial charge on any atom is 0.329 e. The number of carbonyl (C=O) groups excluding carboxylic acids is 1. The Hall–Kier alpha value is -1.14. The molecule has 0 saturated carbocycles. The highest BCUT2D eigenvalue weighted by Gasteiger charge is 2.12. The highest BCUT2D eigenvalue weighted by Crippen LogP contribution is 1.97. The zero-order valence-corrected chi connectivity index (χ0v) is 12.2. The van der Waals surface area contributed by atoms with Crippen molar-refractivity contribution in [2.45, 2.75) is 27.2 Å². The lowest BCUT2D eigenvalue weighted by molar-refractivity contribution is -0.145. The van der Waals surface area contributed by atoms with Gasteiger partial charge in [-0.3, -0.25) is 4.79 Å². The third-order valence-electron chi connectivity index (χ3n) is 2.98. The number of carboxylic acid groups (broad SMARTS) is 1. The molecule has 0 heterocycles. The summed E-state index contributed by atoms with van der Waals surface area (Å²) in [6.45, 7) is 9.84. The van der Waals surface area contributed by atoms with Crippen molar-refractivity contribution >= 4 is 11.9 Å². The second kappa shape index (κ2) is 10.8. The summed E-state index contributed by atoms with van der Waals surface area (Å²) in [6, 6.07) is 0. The quantitative estimate of drug-likeness (QED) is 0.599. The first-order valence-electron chi connectivity index (χ1n) is 6.84. The minimum Gasteiger partial charge on any atom is -0.480 e. The van der Waals surface area contributed by atoms with Crippen LogP contribution in [-0.4, -0.2) is 72.7 Å². The zero-order valence-electron chi connectivity index (χ0n) is 12.2. The summed E-state index contributed by atoms with van der Waals surface area (Å²) in [5.41, 5.74) is 0. The van der Waals surface area contributed by atoms with Crippen molar-refractivity contribution in [3.8, 4) is 0 Å². The van der Waals surface area contributed by atoms with Crippen molar-refractivity contribution in [2.24, 2.45) is 0 Å². The maximum absolute atomic E-state index is 11.8. The molecule has 0 aromatic carbocycles. The van der Waals surface area contributed by atoms with E-state index in [0.717, 1.165) is 26.1 Å². The predicted molar refractivity (Wildman–Crippen MR) is 73.1 cm³/mol. The molecular formula is C13H26N2O4. The van der Waals surface area contributed by atoms with E-state index in [-0.39, 0.29) is 12.5 Å². The second-order valence-corrected chi connectivity index (χ2v) is 4.24. The second-order valence-electron chi connectivity index (χ2n) is 4.24. The Kier molecular flexibility index (Phi) is 10.1. The molecular weight excluding hydrogens is 248 g/mol. The number of hydrogen-bond acceptors (Lipinski definition) is 4. The summed E-state index contributed by atoms with van der Waals surface area (Å²) < 4.78 is 4.81. The number of ether oxygens (including phenoxy) is 1. The molecule has 1 N–H and O–H groups in total. The van der Waals surface area contributed by atoms with E-state index in [4.69, 9.17) is 9.84 Å². The molecule has 0 aliphatic carbocycles. The van der Waals surface area contributed by atoms with Gasteiger partial charge >= 0.3 is 5.97 Å². The number of rotatable bonds is 11. The van der Waals surface area contributed by atoms with Crippen molar-refractivity contribution in [2.75, 3.05) is 45.9 Å². The standard InChI is InChI=1S/C13H26N2O4/c1-4-14(5-2)8-7-9-15(6-3)12(16)10-19-11-13(17)18/h4-11H2,1-3H3,(H,17,18). The Morgan fingerprint density at radius 1 is 1.00 bits per heavy atom. The van der Waals surface area contributed by atoms with Gasteiger partial charge in [0.2, 0.25) is 5.91 Å². The van der Waals surface area contributed by atoms with Gasteiger partial charge < -0.3 is 19.6 Å². The van der Waals surface area contributed by atoms with Crippen LogP contribution >= 0.6 is 0 Å². The molecule has 0 radical (unpaired) electrons. The van der Waals surface area contributed by atoms with Gasteiger partial charge in [0.15, 0.2) is 0 Å². The molecule has 0 atom stereocenters. The fourth-order valence-electron chi connectivity index (χ4n) is 1.80. The van der Waals surface area contributed by atoms with E-state index in [1.807, 2.05) is 6.92 Å². The van der Waals surface area contributed by atoms with Crippen LogP contribution in [0.15, 0.2) is 0 Å². The van der Waals surface area contributed by atoms with Gasteiger partial charge in [0.25, 0.3) is 0 Å². The Labute approximate surface area is 115 Å². The van der Waals surface area contributed by atoms with Crippen LogP contribution in [0.25, 0.3) is 0 Å². The number of aliphatic carboxylic acids is 1. The van der Waals surface area contributed by atoms with E-state index in [0.29, 0.717) is 13.1 Å². The van der Waals surface area contributed by atoms with Gasteiger partial charge in [-0.2, -0.15) is 0 Å². The van der Waals surface area contributed by atoms with Crippen LogP contribution in [0.1, 0.15) is 27.2 Å². The highest BCUT2D eigenvalue weighted by atomic mass is 16.5. The molecule has 0 aromatic heterocycles. The first-order chi connectivity index (χ1) is 9.04. The minimum absolute atomic E-state index is 0.150. The summed E-state index contributed by atoms with van der Waals surface area (Å²) in [7, 11) is 0. The van der Waals surface area contributed by atoms with E-state index >= 15 is 0 Å². The molecule has 0 rings (SSSR count). The number of carbonyl (C=O) groups is 2. The lowest BCUT2D eigenvalue weighted by atomic mass is 10.3. The van der Waals surface area contributed by atoms with Crippen LogP contribution in [0.5, 0.6) is 0 Å². The van der Waals surface area contributed by atoms with E-state index in [2.05, 4.69) is 18.7 Å². The normalized spacial score (nSPS) is 10.7. The number of hydrogen-bond donors (Lipinski definition) is 1. The first-order valence-corrected chi connectivity index (χ1v) is 6.84. The lowest BCUT2D eigenvalue weighted by Gasteiger charge is -2.23. The number of nitrogens with zero attached hydrogens (tertiary/aromatic N) is 2. The van der Waals surface area contributed by atoms with Crippen molar-refractivity contribution in [3.05, 3.63) is 0 Å². The molecule has 0 aliphatic heterocycles. The highest BCUT2D eigenvalue weighted by molar-refractivity contribution is 5.77. The average molecular weight is 274 g/mol. The van der Waals surface area contributed by atoms with Crippen LogP contribution in [0.3, 0.4) is 0 Å². The Morgan fingerprint density at radius 3 is 2.11 bits per heavy atom. The third kappa shape index (κ3) is 8.56. The van der Waals surface area contributed by atoms with Crippen molar-refractivity contribution < 1.29 is 19.4 Å². The van der Waals surface area contributed by atoms with Crippen molar-refractivity contribution in [1.82, 2.24) is 9.80 Å². The number of likely N-dealkylation sites (N-methyl/N-ethyl adjacent to an activating group) is 1. The van der Waals surface area contributed by atoms with Crippen LogP contribution < -0.4 is 0 Å². The Morgan fingerprint density at radius 2 is 1.63 bits per heavy atom. The Bertz CT molecular complexity index is 267. The summed E-state index contributed by atoms with van der Waals surface area (Å²) >= 11 is 0. The van der Waals surface area contributed by atoms with Crippen molar-refractivity contribution in [1.29, 1.82) is 0 Å². The van der Waals surface area contributed by atoms with Crippen LogP contribution in [0.2, 0.25) is 0 Å². The first kappa shape index (κ1) is 17.9. The fourth-order valence-corrected chi connectivity index (χ4v) is 1.80. The molecule has 0 spiro atoms. The topological polar surface area (TPSA) is 70.1 Å². The summed E-state index contributed by atoms with van der Waals surface area (Å²) in [6.07, 6.45) is 0.917. The van der Waals surface area contributed by atoms with Crippen LogP contribution in [0.4, 0.5) is 0 Å². The van der Waals surface area contributed by atoms with Gasteiger partial charge in [-0.15, -0.1) is 0 Å². The SMILES string of the molecule is CCN(CC)CCCN(CC)C(=O)COCC(=O)O. The molecule has 0 aliphatic rings. The van der Waals surface area contributed by atoms with E-state index in [9.17, 15) is 9.59 Å². The monoisotopic (exact) mass is 274 g/mol. The smallest absolute Gasteiger partial charge is 0.329 e. The van der Waals surface area contributed by atoms with Gasteiger partial charge in [0.1, 0.15) is 13.2 Å². The zero-order chi connectivity index (χ0) is 14.7. The molecule has 6 heteroatoms. The van der Waals surface area contributed by atoms with Gasteiger partial charge in [0, 0.05) is 13.1 Å². The van der Waals surface area contributed by atoms with Gasteiger partial charge in [0.05, 0.1) is 0 Å². The van der Waals surface area contributed by atoms with E-state index < -0.39 is 12.6 Å². The van der Waals surface area contributed by atoms with Crippen LogP contribution in [-0.2, 0) is 14.3 Å². The largest absolute Gasteiger partial charge is 0.480 e. The molecule has 0 fully saturated rings. The molecule has 0 aromatic rings. The predicted octanol–water partition coefficient (Wildman–Crippen LogP) is 0.668. The van der Waals surface area contributed by atoms with Crippen LogP contribution in [0, 0.1) is 0 Å². The average Bonchev–Trinajstić information content (AvgIpc) is 2.38. The van der Waals surface area contributed by atoms with Gasteiger partial charge in [-0.25, -0.2) is 4.79 Å².